The van der Waals surface area contributed by atoms with E-state index in [1.165, 1.54) is 6.33 Å². The van der Waals surface area contributed by atoms with Crippen LogP contribution in [0, 0.1) is 0 Å². The van der Waals surface area contributed by atoms with E-state index in [2.05, 4.69) is 31.0 Å². The summed E-state index contributed by atoms with van der Waals surface area (Å²) in [5.74, 6) is 0.916. The minimum absolute atomic E-state index is 0.229. The van der Waals surface area contributed by atoms with Crippen LogP contribution in [-0.2, 0) is 6.42 Å². The summed E-state index contributed by atoms with van der Waals surface area (Å²) in [6, 6.07) is 3.32. The summed E-state index contributed by atoms with van der Waals surface area (Å²) in [7, 11) is 0. The number of amides is 1. The number of nitrogens with one attached hydrogen (secondary N) is 2. The Morgan fingerprint density at radius 3 is 2.89 bits per heavy atom. The van der Waals surface area contributed by atoms with Gasteiger partial charge in [0, 0.05) is 19.5 Å². The standard InChI is InChI=1S/C11H14N6O2/c1-2-12-11(18)8-3-4-9(17-16-8)13-6-5-10-14-7-15-19-10/h3-4,7H,2,5-6H2,1H3,(H,12,18)(H,13,17). The molecule has 2 rings (SSSR count). The summed E-state index contributed by atoms with van der Waals surface area (Å²) in [5.41, 5.74) is 0.296. The minimum atomic E-state index is -0.229. The molecule has 0 aliphatic carbocycles. The highest BCUT2D eigenvalue weighted by Gasteiger charge is 2.06. The van der Waals surface area contributed by atoms with E-state index in [0.717, 1.165) is 0 Å². The average Bonchev–Trinajstić information content (AvgIpc) is 2.93. The third kappa shape index (κ3) is 3.73. The van der Waals surface area contributed by atoms with Gasteiger partial charge in [-0.1, -0.05) is 5.16 Å². The highest BCUT2D eigenvalue weighted by Crippen LogP contribution is 2.02. The molecule has 19 heavy (non-hydrogen) atoms. The minimum Gasteiger partial charge on any atom is -0.368 e. The second-order valence-corrected chi connectivity index (χ2v) is 3.68. The van der Waals surface area contributed by atoms with E-state index >= 15 is 0 Å². The van der Waals surface area contributed by atoms with E-state index in [4.69, 9.17) is 4.52 Å². The fourth-order valence-corrected chi connectivity index (χ4v) is 1.40. The molecule has 2 aromatic rings. The molecule has 2 heterocycles. The molecule has 1 amide bonds. The van der Waals surface area contributed by atoms with Gasteiger partial charge in [0.05, 0.1) is 0 Å². The maximum absolute atomic E-state index is 11.5. The molecule has 2 aromatic heterocycles. The van der Waals surface area contributed by atoms with Crippen LogP contribution in [0.1, 0.15) is 23.3 Å². The Labute approximate surface area is 109 Å². The van der Waals surface area contributed by atoms with Crippen LogP contribution in [0.4, 0.5) is 5.82 Å². The molecule has 8 heteroatoms. The summed E-state index contributed by atoms with van der Waals surface area (Å²) >= 11 is 0. The number of nitrogens with zero attached hydrogens (tertiary/aromatic N) is 4. The zero-order chi connectivity index (χ0) is 13.5. The molecule has 0 saturated heterocycles. The molecule has 0 atom stereocenters. The van der Waals surface area contributed by atoms with Crippen LogP contribution in [-0.4, -0.2) is 39.3 Å². The molecular weight excluding hydrogens is 248 g/mol. The van der Waals surface area contributed by atoms with Crippen LogP contribution in [0.3, 0.4) is 0 Å². The SMILES string of the molecule is CCNC(=O)c1ccc(NCCc2ncno2)nn1. The number of hydrogen-bond acceptors (Lipinski definition) is 7. The van der Waals surface area contributed by atoms with Crippen molar-refractivity contribution in [3.05, 3.63) is 30.0 Å². The lowest BCUT2D eigenvalue weighted by Gasteiger charge is -2.04. The van der Waals surface area contributed by atoms with Gasteiger partial charge >= 0.3 is 0 Å². The van der Waals surface area contributed by atoms with Crippen molar-refractivity contribution < 1.29 is 9.32 Å². The molecule has 8 nitrogen and oxygen atoms in total. The largest absolute Gasteiger partial charge is 0.368 e. The van der Waals surface area contributed by atoms with Crippen molar-refractivity contribution in [1.29, 1.82) is 0 Å². The summed E-state index contributed by atoms with van der Waals surface area (Å²) in [4.78, 5) is 15.4. The van der Waals surface area contributed by atoms with Gasteiger partial charge in [0.1, 0.15) is 5.82 Å². The molecule has 0 aliphatic heterocycles. The van der Waals surface area contributed by atoms with Crippen molar-refractivity contribution in [1.82, 2.24) is 25.7 Å². The Balaban J connectivity index is 1.83. The van der Waals surface area contributed by atoms with Crippen molar-refractivity contribution in [3.8, 4) is 0 Å². The smallest absolute Gasteiger partial charge is 0.271 e. The summed E-state index contributed by atoms with van der Waals surface area (Å²) in [6.45, 7) is 3.00. The van der Waals surface area contributed by atoms with Gasteiger partial charge < -0.3 is 15.2 Å². The number of aromatic nitrogens is 4. The number of hydrogen-bond donors (Lipinski definition) is 2. The Kier molecular flexibility index (Phi) is 4.38. The summed E-state index contributed by atoms with van der Waals surface area (Å²) in [5, 5.41) is 17.0. The van der Waals surface area contributed by atoms with Gasteiger partial charge in [0.25, 0.3) is 5.91 Å². The molecule has 0 bridgehead atoms. The van der Waals surface area contributed by atoms with Gasteiger partial charge in [-0.3, -0.25) is 4.79 Å². The van der Waals surface area contributed by atoms with Gasteiger partial charge in [-0.15, -0.1) is 10.2 Å². The third-order valence-electron chi connectivity index (χ3n) is 2.29. The molecule has 0 spiro atoms. The highest BCUT2D eigenvalue weighted by atomic mass is 16.5. The van der Waals surface area contributed by atoms with E-state index in [1.807, 2.05) is 6.92 Å². The van der Waals surface area contributed by atoms with Crippen molar-refractivity contribution >= 4 is 11.7 Å². The van der Waals surface area contributed by atoms with Crippen LogP contribution < -0.4 is 10.6 Å². The predicted molar refractivity (Wildman–Crippen MR) is 66.5 cm³/mol. The van der Waals surface area contributed by atoms with Crippen molar-refractivity contribution in [2.75, 3.05) is 18.4 Å². The summed E-state index contributed by atoms with van der Waals surface area (Å²) in [6.07, 6.45) is 1.95. The van der Waals surface area contributed by atoms with Gasteiger partial charge in [-0.2, -0.15) is 4.98 Å². The van der Waals surface area contributed by atoms with Crippen molar-refractivity contribution in [2.24, 2.45) is 0 Å². The fraction of sp³-hybridized carbons (Fsp3) is 0.364. The Morgan fingerprint density at radius 2 is 2.26 bits per heavy atom. The van der Waals surface area contributed by atoms with Crippen LogP contribution >= 0.6 is 0 Å². The van der Waals surface area contributed by atoms with Crippen molar-refractivity contribution in [2.45, 2.75) is 13.3 Å². The molecule has 0 saturated carbocycles. The first-order valence-electron chi connectivity index (χ1n) is 5.91. The second kappa shape index (κ2) is 6.43. The normalized spacial score (nSPS) is 10.2. The van der Waals surface area contributed by atoms with Crippen LogP contribution in [0.15, 0.2) is 23.0 Å². The number of rotatable bonds is 6. The maximum atomic E-state index is 11.5. The highest BCUT2D eigenvalue weighted by molar-refractivity contribution is 5.92. The van der Waals surface area contributed by atoms with E-state index in [9.17, 15) is 4.79 Å². The molecular formula is C11H14N6O2. The predicted octanol–water partition coefficient (Wildman–Crippen LogP) is 0.264. The summed E-state index contributed by atoms with van der Waals surface area (Å²) < 4.78 is 4.86. The van der Waals surface area contributed by atoms with E-state index < -0.39 is 0 Å². The molecule has 0 aliphatic rings. The first-order chi connectivity index (χ1) is 9.29. The fourth-order valence-electron chi connectivity index (χ4n) is 1.40. The molecule has 0 aromatic carbocycles. The molecule has 0 radical (unpaired) electrons. The monoisotopic (exact) mass is 262 g/mol. The molecule has 2 N–H and O–H groups in total. The first-order valence-corrected chi connectivity index (χ1v) is 5.91. The van der Waals surface area contributed by atoms with Crippen LogP contribution in [0.2, 0.25) is 0 Å². The quantitative estimate of drug-likeness (QED) is 0.769. The van der Waals surface area contributed by atoms with Gasteiger partial charge in [-0.25, -0.2) is 0 Å². The van der Waals surface area contributed by atoms with E-state index in [0.29, 0.717) is 36.9 Å². The zero-order valence-electron chi connectivity index (χ0n) is 10.5. The Bertz CT molecular complexity index is 510. The maximum Gasteiger partial charge on any atom is 0.271 e. The third-order valence-corrected chi connectivity index (χ3v) is 2.29. The van der Waals surface area contributed by atoms with Crippen molar-refractivity contribution in [3.63, 3.8) is 0 Å². The number of anilines is 1. The second-order valence-electron chi connectivity index (χ2n) is 3.68. The van der Waals surface area contributed by atoms with E-state index in [1.54, 1.807) is 12.1 Å². The average molecular weight is 262 g/mol. The number of carbonyl (C=O) groups is 1. The zero-order valence-corrected chi connectivity index (χ0v) is 10.5. The van der Waals surface area contributed by atoms with E-state index in [-0.39, 0.29) is 5.91 Å². The molecule has 100 valence electrons. The topological polar surface area (TPSA) is 106 Å². The lowest BCUT2D eigenvalue weighted by atomic mass is 10.3. The van der Waals surface area contributed by atoms with Gasteiger partial charge in [0.2, 0.25) is 5.89 Å². The van der Waals surface area contributed by atoms with Gasteiger partial charge in [0.15, 0.2) is 12.0 Å². The lowest BCUT2D eigenvalue weighted by Crippen LogP contribution is -2.24. The van der Waals surface area contributed by atoms with Crippen LogP contribution in [0.25, 0.3) is 0 Å². The Hall–Kier alpha value is -2.51. The lowest BCUT2D eigenvalue weighted by molar-refractivity contribution is 0.0950. The molecule has 0 fully saturated rings. The Morgan fingerprint density at radius 1 is 1.37 bits per heavy atom. The first kappa shape index (κ1) is 12.9. The molecule has 0 unspecified atom stereocenters. The van der Waals surface area contributed by atoms with Gasteiger partial charge in [-0.05, 0) is 19.1 Å². The number of carbonyl (C=O) groups excluding carboxylic acids is 1. The van der Waals surface area contributed by atoms with Crippen LogP contribution in [0.5, 0.6) is 0 Å².